The van der Waals surface area contributed by atoms with Crippen LogP contribution in [0.2, 0.25) is 0 Å². The lowest BCUT2D eigenvalue weighted by molar-refractivity contribution is -0.0280. The molecule has 1 heterocycles. The van der Waals surface area contributed by atoms with Crippen molar-refractivity contribution in [3.8, 4) is 0 Å². The standard InChI is InChI=1S/C16H30N2/c1-12-8-9-13(10-17)11-18(12)16(14-4-2-5-14)15-6-3-7-15/h12-16H,2-11,17H2,1H3. The van der Waals surface area contributed by atoms with Gasteiger partial charge in [-0.1, -0.05) is 12.8 Å². The lowest BCUT2D eigenvalue weighted by Gasteiger charge is -2.52. The minimum Gasteiger partial charge on any atom is -0.330 e. The summed E-state index contributed by atoms with van der Waals surface area (Å²) in [5, 5.41) is 0. The van der Waals surface area contributed by atoms with Crippen molar-refractivity contribution >= 4 is 0 Å². The zero-order valence-corrected chi connectivity index (χ0v) is 12.0. The van der Waals surface area contributed by atoms with Gasteiger partial charge in [0, 0.05) is 18.6 Å². The maximum Gasteiger partial charge on any atom is 0.0155 e. The average Bonchev–Trinajstić information content (AvgIpc) is 2.24. The zero-order valence-electron chi connectivity index (χ0n) is 12.0. The van der Waals surface area contributed by atoms with Crippen LogP contribution in [0.5, 0.6) is 0 Å². The molecule has 0 aromatic carbocycles. The molecule has 0 radical (unpaired) electrons. The highest BCUT2D eigenvalue weighted by atomic mass is 15.2. The number of hydrogen-bond acceptors (Lipinski definition) is 2. The summed E-state index contributed by atoms with van der Waals surface area (Å²) in [7, 11) is 0. The Kier molecular flexibility index (Phi) is 3.95. The summed E-state index contributed by atoms with van der Waals surface area (Å²) < 4.78 is 0. The first-order chi connectivity index (χ1) is 8.79. The quantitative estimate of drug-likeness (QED) is 0.831. The Morgan fingerprint density at radius 2 is 1.61 bits per heavy atom. The number of rotatable bonds is 4. The first-order valence-corrected chi connectivity index (χ1v) is 8.25. The van der Waals surface area contributed by atoms with Crippen molar-refractivity contribution in [3.05, 3.63) is 0 Å². The number of likely N-dealkylation sites (tertiary alicyclic amines) is 1. The summed E-state index contributed by atoms with van der Waals surface area (Å²) in [6, 6.07) is 1.72. The Morgan fingerprint density at radius 1 is 1.00 bits per heavy atom. The monoisotopic (exact) mass is 250 g/mol. The molecule has 2 N–H and O–H groups in total. The van der Waals surface area contributed by atoms with Gasteiger partial charge in [-0.25, -0.2) is 0 Å². The molecule has 2 atom stereocenters. The van der Waals surface area contributed by atoms with E-state index in [1.54, 1.807) is 0 Å². The van der Waals surface area contributed by atoms with E-state index >= 15 is 0 Å². The molecule has 0 aromatic rings. The maximum absolute atomic E-state index is 5.93. The average molecular weight is 250 g/mol. The number of nitrogens with zero attached hydrogens (tertiary/aromatic N) is 1. The fourth-order valence-electron chi connectivity index (χ4n) is 4.31. The molecule has 104 valence electrons. The topological polar surface area (TPSA) is 29.3 Å². The molecule has 0 bridgehead atoms. The van der Waals surface area contributed by atoms with Crippen LogP contribution in [0.25, 0.3) is 0 Å². The van der Waals surface area contributed by atoms with E-state index in [0.29, 0.717) is 0 Å². The molecule has 1 saturated heterocycles. The van der Waals surface area contributed by atoms with Crippen molar-refractivity contribution in [2.24, 2.45) is 23.5 Å². The molecule has 0 aromatic heterocycles. The van der Waals surface area contributed by atoms with Gasteiger partial charge in [0.05, 0.1) is 0 Å². The molecule has 2 unspecified atom stereocenters. The van der Waals surface area contributed by atoms with E-state index in [4.69, 9.17) is 5.73 Å². The zero-order chi connectivity index (χ0) is 12.5. The molecule has 18 heavy (non-hydrogen) atoms. The van der Waals surface area contributed by atoms with Crippen LogP contribution in [0.1, 0.15) is 58.3 Å². The number of piperidine rings is 1. The van der Waals surface area contributed by atoms with Crippen LogP contribution in [0, 0.1) is 17.8 Å². The van der Waals surface area contributed by atoms with Crippen molar-refractivity contribution in [2.75, 3.05) is 13.1 Å². The molecule has 2 nitrogen and oxygen atoms in total. The Bertz CT molecular complexity index is 256. The van der Waals surface area contributed by atoms with E-state index in [9.17, 15) is 0 Å². The Labute approximate surface area is 112 Å². The minimum absolute atomic E-state index is 0.767. The fourth-order valence-corrected chi connectivity index (χ4v) is 4.31. The third-order valence-electron chi connectivity index (χ3n) is 6.01. The molecule has 2 saturated carbocycles. The van der Waals surface area contributed by atoms with Crippen molar-refractivity contribution < 1.29 is 0 Å². The summed E-state index contributed by atoms with van der Waals surface area (Å²) in [6.07, 6.45) is 11.7. The second kappa shape index (κ2) is 5.50. The maximum atomic E-state index is 5.93. The highest BCUT2D eigenvalue weighted by molar-refractivity contribution is 4.96. The van der Waals surface area contributed by atoms with Gasteiger partial charge in [0.2, 0.25) is 0 Å². The lowest BCUT2D eigenvalue weighted by Crippen LogP contribution is -2.56. The summed E-state index contributed by atoms with van der Waals surface area (Å²) >= 11 is 0. The SMILES string of the molecule is CC1CCC(CN)CN1C(C1CCC1)C1CCC1. The van der Waals surface area contributed by atoms with Gasteiger partial charge >= 0.3 is 0 Å². The van der Waals surface area contributed by atoms with Gasteiger partial charge in [-0.15, -0.1) is 0 Å². The van der Waals surface area contributed by atoms with Gasteiger partial charge in [0.15, 0.2) is 0 Å². The van der Waals surface area contributed by atoms with Gasteiger partial charge in [0.1, 0.15) is 0 Å². The largest absolute Gasteiger partial charge is 0.330 e. The van der Waals surface area contributed by atoms with E-state index in [1.165, 1.54) is 57.9 Å². The van der Waals surface area contributed by atoms with E-state index in [2.05, 4.69) is 11.8 Å². The van der Waals surface area contributed by atoms with Crippen LogP contribution in [-0.2, 0) is 0 Å². The van der Waals surface area contributed by atoms with Crippen LogP contribution in [0.15, 0.2) is 0 Å². The second-order valence-corrected chi connectivity index (χ2v) is 7.10. The third-order valence-corrected chi connectivity index (χ3v) is 6.01. The van der Waals surface area contributed by atoms with E-state index < -0.39 is 0 Å². The van der Waals surface area contributed by atoms with E-state index in [-0.39, 0.29) is 0 Å². The van der Waals surface area contributed by atoms with Crippen molar-refractivity contribution in [1.82, 2.24) is 4.90 Å². The number of hydrogen-bond donors (Lipinski definition) is 1. The van der Waals surface area contributed by atoms with Gasteiger partial charge in [-0.05, 0) is 69.7 Å². The highest BCUT2D eigenvalue weighted by Crippen LogP contribution is 2.44. The van der Waals surface area contributed by atoms with Gasteiger partial charge in [-0.3, -0.25) is 4.90 Å². The molecule has 2 heteroatoms. The van der Waals surface area contributed by atoms with Crippen molar-refractivity contribution in [1.29, 1.82) is 0 Å². The molecule has 3 fully saturated rings. The third kappa shape index (κ3) is 2.34. The van der Waals surface area contributed by atoms with Crippen LogP contribution < -0.4 is 5.73 Å². The van der Waals surface area contributed by atoms with E-state index in [1.807, 2.05) is 0 Å². The van der Waals surface area contributed by atoms with Crippen LogP contribution in [0.4, 0.5) is 0 Å². The lowest BCUT2D eigenvalue weighted by atomic mass is 9.67. The fraction of sp³-hybridized carbons (Fsp3) is 1.00. The molecule has 1 aliphatic heterocycles. The molecular weight excluding hydrogens is 220 g/mol. The molecule has 3 rings (SSSR count). The predicted octanol–water partition coefficient (Wildman–Crippen LogP) is 3.01. The van der Waals surface area contributed by atoms with Crippen LogP contribution in [0.3, 0.4) is 0 Å². The van der Waals surface area contributed by atoms with Crippen LogP contribution in [-0.4, -0.2) is 30.1 Å². The molecule has 2 aliphatic carbocycles. The van der Waals surface area contributed by atoms with Gasteiger partial charge in [-0.2, -0.15) is 0 Å². The Balaban J connectivity index is 1.70. The molecule has 3 aliphatic rings. The highest BCUT2D eigenvalue weighted by Gasteiger charge is 2.42. The van der Waals surface area contributed by atoms with Gasteiger partial charge < -0.3 is 5.73 Å². The summed E-state index contributed by atoms with van der Waals surface area (Å²) in [5.41, 5.74) is 5.93. The number of nitrogens with two attached hydrogens (primary N) is 1. The van der Waals surface area contributed by atoms with Gasteiger partial charge in [0.25, 0.3) is 0 Å². The molecule has 0 amide bonds. The second-order valence-electron chi connectivity index (χ2n) is 7.10. The first-order valence-electron chi connectivity index (χ1n) is 8.25. The van der Waals surface area contributed by atoms with Crippen molar-refractivity contribution in [3.63, 3.8) is 0 Å². The van der Waals surface area contributed by atoms with Crippen LogP contribution >= 0.6 is 0 Å². The summed E-state index contributed by atoms with van der Waals surface area (Å²) in [4.78, 5) is 2.88. The molecule has 0 spiro atoms. The summed E-state index contributed by atoms with van der Waals surface area (Å²) in [5.74, 6) is 2.81. The van der Waals surface area contributed by atoms with Crippen molar-refractivity contribution in [2.45, 2.75) is 70.4 Å². The summed E-state index contributed by atoms with van der Waals surface area (Å²) in [6.45, 7) is 4.64. The van der Waals surface area contributed by atoms with E-state index in [0.717, 1.165) is 36.4 Å². The predicted molar refractivity (Wildman–Crippen MR) is 76.4 cm³/mol. The smallest absolute Gasteiger partial charge is 0.0155 e. The Hall–Kier alpha value is -0.0800. The minimum atomic E-state index is 0.767. The first kappa shape index (κ1) is 12.9. The molecular formula is C16H30N2. The Morgan fingerprint density at radius 3 is 2.06 bits per heavy atom. The normalized spacial score (nSPS) is 35.5.